The number of nitrogens with zero attached hydrogens (tertiary/aromatic N) is 1. The fourth-order valence-electron chi connectivity index (χ4n) is 9.36. The van der Waals surface area contributed by atoms with E-state index in [1.165, 1.54) is 121 Å². The summed E-state index contributed by atoms with van der Waals surface area (Å²) >= 11 is 0. The number of quaternary nitrogens is 1. The molecule has 0 saturated carbocycles. The first-order valence-electron chi connectivity index (χ1n) is 22.0. The summed E-state index contributed by atoms with van der Waals surface area (Å²) in [6.07, 6.45) is 23.7. The second kappa shape index (κ2) is 25.0. The molecule has 0 saturated heterocycles. The van der Waals surface area contributed by atoms with Gasteiger partial charge in [-0.1, -0.05) is 0 Å². The van der Waals surface area contributed by atoms with Crippen LogP contribution in [0.2, 0.25) is 0 Å². The fourth-order valence-corrected chi connectivity index (χ4v) is 19.7. The SMILES string of the molecule is CCCC[PH](CCCC[PH](CCCCCCCCCC[N+](C)(CCCN)CCCN)(c1ccccc1)c1ccccc1)(c1ccccc1)c1ccccc1. The molecule has 0 aliphatic rings. The monoisotopic (exact) mass is 771 g/mol. The molecule has 0 unspecified atom stereocenters. The van der Waals surface area contributed by atoms with Crippen LogP contribution in [-0.2, 0) is 0 Å². The Balaban J connectivity index is 1.38. The number of hydrogen-bond donors (Lipinski definition) is 2. The van der Waals surface area contributed by atoms with Crippen LogP contribution in [0.4, 0.5) is 0 Å². The number of hydrogen-bond acceptors (Lipinski definition) is 2. The predicted octanol–water partition coefficient (Wildman–Crippen LogP) is 9.63. The van der Waals surface area contributed by atoms with Crippen LogP contribution >= 0.6 is 14.5 Å². The first-order valence-corrected chi connectivity index (χ1v) is 26.8. The van der Waals surface area contributed by atoms with E-state index < -0.39 is 14.5 Å². The molecule has 0 atom stereocenters. The zero-order valence-corrected chi connectivity index (χ0v) is 36.4. The van der Waals surface area contributed by atoms with Crippen molar-refractivity contribution in [3.63, 3.8) is 0 Å². The van der Waals surface area contributed by atoms with Gasteiger partial charge >= 0.3 is 297 Å². The van der Waals surface area contributed by atoms with Gasteiger partial charge in [0.25, 0.3) is 0 Å². The Morgan fingerprint density at radius 2 is 0.648 bits per heavy atom. The molecule has 0 aliphatic heterocycles. The quantitative estimate of drug-likeness (QED) is 0.0329. The Morgan fingerprint density at radius 1 is 0.370 bits per heavy atom. The van der Waals surface area contributed by atoms with Crippen LogP contribution in [0.3, 0.4) is 0 Å². The molecule has 0 radical (unpaired) electrons. The third-order valence-corrected chi connectivity index (χ3v) is 23.2. The van der Waals surface area contributed by atoms with Gasteiger partial charge in [0.05, 0.1) is 0 Å². The molecule has 298 valence electrons. The molecule has 4 aromatic rings. The van der Waals surface area contributed by atoms with Gasteiger partial charge in [0.2, 0.25) is 0 Å². The van der Waals surface area contributed by atoms with Gasteiger partial charge in [-0.25, -0.2) is 0 Å². The summed E-state index contributed by atoms with van der Waals surface area (Å²) in [6, 6.07) is 46.8. The average molecular weight is 771 g/mol. The van der Waals surface area contributed by atoms with Crippen molar-refractivity contribution in [1.82, 2.24) is 0 Å². The molecule has 0 aromatic heterocycles. The number of benzene rings is 4. The molecule has 0 amide bonds. The topological polar surface area (TPSA) is 52.0 Å². The first-order chi connectivity index (χ1) is 26.5. The number of unbranched alkanes of at least 4 members (excludes halogenated alkanes) is 9. The summed E-state index contributed by atoms with van der Waals surface area (Å²) in [4.78, 5) is 0. The molecule has 3 nitrogen and oxygen atoms in total. The van der Waals surface area contributed by atoms with E-state index in [1.54, 1.807) is 21.2 Å². The molecular formula is C49H78N3P2+. The van der Waals surface area contributed by atoms with E-state index in [0.717, 1.165) is 30.4 Å². The molecule has 0 bridgehead atoms. The van der Waals surface area contributed by atoms with Crippen LogP contribution < -0.4 is 32.7 Å². The first kappa shape index (κ1) is 44.3. The van der Waals surface area contributed by atoms with Crippen LogP contribution in [0.25, 0.3) is 0 Å². The van der Waals surface area contributed by atoms with Crippen molar-refractivity contribution in [2.75, 3.05) is 64.4 Å². The summed E-state index contributed by atoms with van der Waals surface area (Å²) in [6.45, 7) is 7.60. The van der Waals surface area contributed by atoms with Gasteiger partial charge in [-0.2, -0.15) is 0 Å². The molecule has 0 fully saturated rings. The zero-order chi connectivity index (χ0) is 38.2. The Labute approximate surface area is 333 Å². The average Bonchev–Trinajstić information content (AvgIpc) is 3.23. The number of nitrogens with two attached hydrogens (primary N) is 2. The van der Waals surface area contributed by atoms with Gasteiger partial charge in [0.15, 0.2) is 0 Å². The van der Waals surface area contributed by atoms with Crippen molar-refractivity contribution in [3.8, 4) is 0 Å². The molecule has 4 aromatic carbocycles. The van der Waals surface area contributed by atoms with E-state index in [0.29, 0.717) is 0 Å². The van der Waals surface area contributed by atoms with Crippen molar-refractivity contribution < 1.29 is 4.48 Å². The molecule has 4 rings (SSSR count). The summed E-state index contributed by atoms with van der Waals surface area (Å²) in [5, 5.41) is 6.53. The van der Waals surface area contributed by atoms with Crippen molar-refractivity contribution in [2.24, 2.45) is 11.5 Å². The van der Waals surface area contributed by atoms with Crippen molar-refractivity contribution in [3.05, 3.63) is 121 Å². The third-order valence-electron chi connectivity index (χ3n) is 12.6. The second-order valence-corrected chi connectivity index (χ2v) is 25.2. The van der Waals surface area contributed by atoms with Crippen molar-refractivity contribution in [1.29, 1.82) is 0 Å². The van der Waals surface area contributed by atoms with E-state index >= 15 is 0 Å². The number of rotatable bonds is 29. The normalized spacial score (nSPS) is 12.9. The van der Waals surface area contributed by atoms with Crippen LogP contribution in [0.1, 0.15) is 96.8 Å². The van der Waals surface area contributed by atoms with Crippen LogP contribution in [0.5, 0.6) is 0 Å². The fraction of sp³-hybridized carbons (Fsp3) is 0.510. The summed E-state index contributed by atoms with van der Waals surface area (Å²) in [5.41, 5.74) is 11.7. The summed E-state index contributed by atoms with van der Waals surface area (Å²) < 4.78 is 1.14. The minimum atomic E-state index is -1.95. The zero-order valence-electron chi connectivity index (χ0n) is 34.4. The second-order valence-electron chi connectivity index (χ2n) is 16.6. The van der Waals surface area contributed by atoms with Crippen LogP contribution in [-0.4, -0.2) is 68.9 Å². The molecule has 0 spiro atoms. The minimum absolute atomic E-state index is 0.793. The molecule has 5 heteroatoms. The Kier molecular flexibility index (Phi) is 20.5. The maximum atomic E-state index is 5.85. The van der Waals surface area contributed by atoms with E-state index in [9.17, 15) is 0 Å². The Bertz CT molecular complexity index is 1410. The van der Waals surface area contributed by atoms with E-state index in [4.69, 9.17) is 11.5 Å². The standard InChI is InChI=1S/C49H78N3P2/c1-3-4-42-53(46-29-15-11-16-30-46,47-31-17-12-18-32-47)44-25-26-45-54(48-33-19-13-20-34-48,49-35-21-14-22-36-49)43-24-10-8-6-5-7-9-23-39-52(2,40-27-37-50)41-28-38-51/h11-22,29-36,53-54H,3-10,23-28,37-45,50-51H2,1-2H3/q+1. The summed E-state index contributed by atoms with van der Waals surface area (Å²) in [5.74, 6) is 0. The molecule has 0 heterocycles. The molecule has 4 N–H and O–H groups in total. The van der Waals surface area contributed by atoms with Crippen LogP contribution in [0.15, 0.2) is 121 Å². The molecule has 54 heavy (non-hydrogen) atoms. The third kappa shape index (κ3) is 13.7. The predicted molar refractivity (Wildman–Crippen MR) is 250 cm³/mol. The van der Waals surface area contributed by atoms with Gasteiger partial charge in [0, 0.05) is 12.8 Å². The van der Waals surface area contributed by atoms with Crippen LogP contribution in [0, 0.1) is 0 Å². The van der Waals surface area contributed by atoms with E-state index in [1.807, 2.05) is 0 Å². The maximum absolute atomic E-state index is 5.85. The van der Waals surface area contributed by atoms with Crippen molar-refractivity contribution in [2.45, 2.75) is 96.8 Å². The van der Waals surface area contributed by atoms with Crippen molar-refractivity contribution >= 4 is 35.7 Å². The van der Waals surface area contributed by atoms with E-state index in [2.05, 4.69) is 135 Å². The van der Waals surface area contributed by atoms with Gasteiger partial charge in [-0.15, -0.1) is 0 Å². The molecule has 0 aliphatic carbocycles. The Hall–Kier alpha value is -2.38. The summed E-state index contributed by atoms with van der Waals surface area (Å²) in [7, 11) is -1.43. The van der Waals surface area contributed by atoms with Gasteiger partial charge < -0.3 is 11.5 Å². The van der Waals surface area contributed by atoms with Gasteiger partial charge in [-0.3, -0.25) is 0 Å². The van der Waals surface area contributed by atoms with E-state index in [-0.39, 0.29) is 0 Å². The Morgan fingerprint density at radius 3 is 0.981 bits per heavy atom. The van der Waals surface area contributed by atoms with Gasteiger partial charge in [0.1, 0.15) is 0 Å². The molecular weight excluding hydrogens is 693 g/mol. The van der Waals surface area contributed by atoms with Gasteiger partial charge in [-0.05, 0) is 13.1 Å².